The van der Waals surface area contributed by atoms with Gasteiger partial charge in [-0.15, -0.1) is 10.2 Å². The van der Waals surface area contributed by atoms with E-state index in [0.29, 0.717) is 16.0 Å². The van der Waals surface area contributed by atoms with E-state index in [9.17, 15) is 4.79 Å². The number of ether oxygens (including phenoxy) is 1. The van der Waals surface area contributed by atoms with Crippen LogP contribution in [0, 0.1) is 13.8 Å². The summed E-state index contributed by atoms with van der Waals surface area (Å²) >= 11 is 7.39. The molecule has 0 atom stereocenters. The van der Waals surface area contributed by atoms with Gasteiger partial charge in [0, 0.05) is 16.4 Å². The lowest BCUT2D eigenvalue weighted by atomic mass is 10.1. The number of anilines is 1. The van der Waals surface area contributed by atoms with Crippen LogP contribution >= 0.6 is 23.4 Å². The van der Waals surface area contributed by atoms with Crippen LogP contribution in [0.5, 0.6) is 5.75 Å². The van der Waals surface area contributed by atoms with Crippen LogP contribution in [-0.4, -0.2) is 26.4 Å². The maximum atomic E-state index is 12.6. The lowest BCUT2D eigenvalue weighted by Crippen LogP contribution is -2.15. The van der Waals surface area contributed by atoms with E-state index in [1.807, 2.05) is 73.0 Å². The van der Waals surface area contributed by atoms with Gasteiger partial charge in [0.2, 0.25) is 5.91 Å². The quantitative estimate of drug-likeness (QED) is 0.322. The van der Waals surface area contributed by atoms with Crippen LogP contribution in [0.4, 0.5) is 5.69 Å². The molecule has 1 amide bonds. The molecule has 8 heteroatoms. The Kier molecular flexibility index (Phi) is 7.32. The molecule has 0 saturated carbocycles. The van der Waals surface area contributed by atoms with Gasteiger partial charge in [-0.3, -0.25) is 9.36 Å². The average Bonchev–Trinajstić information content (AvgIpc) is 3.19. The Morgan fingerprint density at radius 1 is 1.00 bits per heavy atom. The van der Waals surface area contributed by atoms with Crippen molar-refractivity contribution in [3.05, 3.63) is 94.8 Å². The Morgan fingerprint density at radius 2 is 1.70 bits per heavy atom. The molecule has 4 aromatic rings. The van der Waals surface area contributed by atoms with Crippen LogP contribution in [-0.2, 0) is 11.4 Å². The zero-order valence-corrected chi connectivity index (χ0v) is 19.9. The number of nitrogens with zero attached hydrogens (tertiary/aromatic N) is 3. The van der Waals surface area contributed by atoms with Gasteiger partial charge in [-0.1, -0.05) is 47.6 Å². The molecule has 0 bridgehead atoms. The largest absolute Gasteiger partial charge is 0.486 e. The summed E-state index contributed by atoms with van der Waals surface area (Å²) in [5, 5.41) is 12.8. The first kappa shape index (κ1) is 22.9. The molecule has 0 aliphatic carbocycles. The van der Waals surface area contributed by atoms with E-state index in [1.165, 1.54) is 11.8 Å². The van der Waals surface area contributed by atoms with Gasteiger partial charge in [-0.25, -0.2) is 0 Å². The standard InChI is InChI=1S/C25H23ClN4O2S/c1-17-12-18(2)14-20(13-17)27-24(31)16-33-25-29-28-23(15-32-22-6-4-3-5-7-22)30(25)21-10-8-19(26)9-11-21/h3-14H,15-16H2,1-2H3,(H,27,31). The second kappa shape index (κ2) is 10.6. The monoisotopic (exact) mass is 478 g/mol. The molecule has 0 aliphatic heterocycles. The SMILES string of the molecule is Cc1cc(C)cc(NC(=O)CSc2nnc(COc3ccccc3)n2-c2ccc(Cl)cc2)c1. The van der Waals surface area contributed by atoms with Crippen molar-refractivity contribution in [1.29, 1.82) is 0 Å². The summed E-state index contributed by atoms with van der Waals surface area (Å²) in [6.45, 7) is 4.24. The molecule has 6 nitrogen and oxygen atoms in total. The predicted molar refractivity (Wildman–Crippen MR) is 132 cm³/mol. The Bertz CT molecular complexity index is 1220. The fourth-order valence-electron chi connectivity index (χ4n) is 3.38. The maximum Gasteiger partial charge on any atom is 0.234 e. The molecule has 4 rings (SSSR count). The third-order valence-electron chi connectivity index (χ3n) is 4.73. The molecule has 0 aliphatic rings. The number of aromatic nitrogens is 3. The van der Waals surface area contributed by atoms with Gasteiger partial charge in [0.25, 0.3) is 0 Å². The third kappa shape index (κ3) is 6.15. The van der Waals surface area contributed by atoms with E-state index in [-0.39, 0.29) is 18.3 Å². The predicted octanol–water partition coefficient (Wildman–Crippen LogP) is 5.85. The Balaban J connectivity index is 1.51. The number of hydrogen-bond donors (Lipinski definition) is 1. The lowest BCUT2D eigenvalue weighted by Gasteiger charge is -2.12. The molecule has 1 aromatic heterocycles. The molecule has 0 spiro atoms. The van der Waals surface area contributed by atoms with Gasteiger partial charge in [0.1, 0.15) is 12.4 Å². The fourth-order valence-corrected chi connectivity index (χ4v) is 4.27. The molecule has 0 unspecified atom stereocenters. The second-order valence-corrected chi connectivity index (χ2v) is 8.90. The number of aryl methyl sites for hydroxylation is 2. The summed E-state index contributed by atoms with van der Waals surface area (Å²) in [6.07, 6.45) is 0. The zero-order valence-electron chi connectivity index (χ0n) is 18.3. The molecule has 0 fully saturated rings. The first-order chi connectivity index (χ1) is 16.0. The number of para-hydroxylation sites is 1. The molecular weight excluding hydrogens is 456 g/mol. The van der Waals surface area contributed by atoms with E-state index in [2.05, 4.69) is 21.6 Å². The number of halogens is 1. The third-order valence-corrected chi connectivity index (χ3v) is 5.92. The van der Waals surface area contributed by atoms with Crippen LogP contribution in [0.3, 0.4) is 0 Å². The summed E-state index contributed by atoms with van der Waals surface area (Å²) in [6, 6.07) is 22.9. The molecular formula is C25H23ClN4O2S. The van der Waals surface area contributed by atoms with Crippen LogP contribution in [0.2, 0.25) is 5.02 Å². The number of carbonyl (C=O) groups is 1. The van der Waals surface area contributed by atoms with E-state index < -0.39 is 0 Å². The van der Waals surface area contributed by atoms with Gasteiger partial charge in [0.05, 0.1) is 5.75 Å². The van der Waals surface area contributed by atoms with Crippen LogP contribution in [0.15, 0.2) is 78.0 Å². The molecule has 1 N–H and O–H groups in total. The normalized spacial score (nSPS) is 10.8. The molecule has 1 heterocycles. The Labute approximate surface area is 202 Å². The molecule has 0 radical (unpaired) electrons. The summed E-state index contributed by atoms with van der Waals surface area (Å²) in [7, 11) is 0. The molecule has 3 aromatic carbocycles. The minimum Gasteiger partial charge on any atom is -0.486 e. The number of thioether (sulfide) groups is 1. The first-order valence-corrected chi connectivity index (χ1v) is 11.7. The van der Waals surface area contributed by atoms with Crippen molar-refractivity contribution < 1.29 is 9.53 Å². The number of nitrogens with one attached hydrogen (secondary N) is 1. The minimum atomic E-state index is -0.113. The van der Waals surface area contributed by atoms with Crippen molar-refractivity contribution >= 4 is 35.0 Å². The fraction of sp³-hybridized carbons (Fsp3) is 0.160. The highest BCUT2D eigenvalue weighted by atomic mass is 35.5. The van der Waals surface area contributed by atoms with Gasteiger partial charge >= 0.3 is 0 Å². The van der Waals surface area contributed by atoms with Crippen molar-refractivity contribution in [3.63, 3.8) is 0 Å². The van der Waals surface area contributed by atoms with Crippen molar-refractivity contribution in [2.45, 2.75) is 25.6 Å². The smallest absolute Gasteiger partial charge is 0.234 e. The molecule has 168 valence electrons. The van der Waals surface area contributed by atoms with Crippen molar-refractivity contribution in [3.8, 4) is 11.4 Å². The Hall–Kier alpha value is -3.29. The highest BCUT2D eigenvalue weighted by Crippen LogP contribution is 2.25. The number of amides is 1. The maximum absolute atomic E-state index is 12.6. The minimum absolute atomic E-state index is 0.113. The highest BCUT2D eigenvalue weighted by molar-refractivity contribution is 7.99. The number of benzene rings is 3. The zero-order chi connectivity index (χ0) is 23.2. The van der Waals surface area contributed by atoms with Gasteiger partial charge in [0.15, 0.2) is 11.0 Å². The van der Waals surface area contributed by atoms with Crippen molar-refractivity contribution in [2.75, 3.05) is 11.1 Å². The van der Waals surface area contributed by atoms with Crippen LogP contribution < -0.4 is 10.1 Å². The van der Waals surface area contributed by atoms with E-state index in [4.69, 9.17) is 16.3 Å². The van der Waals surface area contributed by atoms with Crippen LogP contribution in [0.25, 0.3) is 5.69 Å². The molecule has 0 saturated heterocycles. The Morgan fingerprint density at radius 3 is 2.39 bits per heavy atom. The molecule has 33 heavy (non-hydrogen) atoms. The first-order valence-electron chi connectivity index (χ1n) is 10.4. The van der Waals surface area contributed by atoms with Crippen LogP contribution in [0.1, 0.15) is 17.0 Å². The highest BCUT2D eigenvalue weighted by Gasteiger charge is 2.17. The van der Waals surface area contributed by atoms with E-state index >= 15 is 0 Å². The topological polar surface area (TPSA) is 69.0 Å². The van der Waals surface area contributed by atoms with Gasteiger partial charge < -0.3 is 10.1 Å². The average molecular weight is 479 g/mol. The summed E-state index contributed by atoms with van der Waals surface area (Å²) in [4.78, 5) is 12.6. The van der Waals surface area contributed by atoms with Crippen molar-refractivity contribution in [2.24, 2.45) is 0 Å². The summed E-state index contributed by atoms with van der Waals surface area (Å²) in [5.74, 6) is 1.44. The summed E-state index contributed by atoms with van der Waals surface area (Å²) < 4.78 is 7.76. The van der Waals surface area contributed by atoms with Crippen molar-refractivity contribution in [1.82, 2.24) is 14.8 Å². The number of hydrogen-bond acceptors (Lipinski definition) is 5. The lowest BCUT2D eigenvalue weighted by molar-refractivity contribution is -0.113. The van der Waals surface area contributed by atoms with E-state index in [1.54, 1.807) is 12.1 Å². The number of rotatable bonds is 8. The van der Waals surface area contributed by atoms with Gasteiger partial charge in [-0.2, -0.15) is 0 Å². The second-order valence-electron chi connectivity index (χ2n) is 7.53. The van der Waals surface area contributed by atoms with Gasteiger partial charge in [-0.05, 0) is 73.5 Å². The van der Waals surface area contributed by atoms with E-state index in [0.717, 1.165) is 28.3 Å². The summed E-state index contributed by atoms with van der Waals surface area (Å²) in [5.41, 5.74) is 3.83. The number of carbonyl (C=O) groups excluding carboxylic acids is 1.